The number of rotatable bonds is 6. The molecule has 2 heterocycles. The number of thiophene rings is 1. The molecule has 3 rings (SSSR count). The molecule has 0 bridgehead atoms. The van der Waals surface area contributed by atoms with Crippen molar-refractivity contribution in [3.8, 4) is 5.75 Å². The van der Waals surface area contributed by atoms with Crippen molar-refractivity contribution in [2.75, 3.05) is 19.7 Å². The van der Waals surface area contributed by atoms with Gasteiger partial charge in [0.1, 0.15) is 5.75 Å². The van der Waals surface area contributed by atoms with Gasteiger partial charge in [0, 0.05) is 18.0 Å². The van der Waals surface area contributed by atoms with Crippen LogP contribution in [0, 0.1) is 0 Å². The van der Waals surface area contributed by atoms with Crippen LogP contribution < -0.4 is 4.74 Å². The quantitative estimate of drug-likeness (QED) is 0.774. The summed E-state index contributed by atoms with van der Waals surface area (Å²) in [6, 6.07) is 11.0. The summed E-state index contributed by atoms with van der Waals surface area (Å²) in [4.78, 5) is 1.71. The van der Waals surface area contributed by atoms with Gasteiger partial charge >= 0.3 is 0 Å². The predicted molar refractivity (Wildman–Crippen MR) is 97.3 cm³/mol. The van der Waals surface area contributed by atoms with Gasteiger partial charge in [0.2, 0.25) is 10.0 Å². The average Bonchev–Trinajstić information content (AvgIpc) is 3.15. The van der Waals surface area contributed by atoms with E-state index < -0.39 is 10.0 Å². The summed E-state index contributed by atoms with van der Waals surface area (Å²) in [5.74, 6) is 1.20. The van der Waals surface area contributed by atoms with E-state index in [1.165, 1.54) is 4.88 Å². The lowest BCUT2D eigenvalue weighted by Gasteiger charge is -2.30. The van der Waals surface area contributed by atoms with Gasteiger partial charge in [-0.15, -0.1) is 11.3 Å². The number of nitrogens with zero attached hydrogens (tertiary/aromatic N) is 1. The smallest absolute Gasteiger partial charge is 0.243 e. The monoisotopic (exact) mass is 365 g/mol. The Morgan fingerprint density at radius 3 is 2.46 bits per heavy atom. The standard InChI is InChI=1S/C18H23NO3S2/c1-2-13-22-16-5-7-17(8-6-16)24(20,21)19-11-9-15(10-12-19)18-4-3-14-23-18/h3-8,14-15H,2,9-13H2,1H3. The zero-order valence-corrected chi connectivity index (χ0v) is 15.5. The molecule has 1 aromatic carbocycles. The predicted octanol–water partition coefficient (Wildman–Crippen LogP) is 4.11. The van der Waals surface area contributed by atoms with E-state index in [1.807, 2.05) is 6.92 Å². The van der Waals surface area contributed by atoms with Crippen LogP contribution in [0.5, 0.6) is 5.75 Å². The number of piperidine rings is 1. The van der Waals surface area contributed by atoms with Crippen LogP contribution in [0.15, 0.2) is 46.7 Å². The summed E-state index contributed by atoms with van der Waals surface area (Å²) in [5.41, 5.74) is 0. The first kappa shape index (κ1) is 17.5. The number of sulfonamides is 1. The van der Waals surface area contributed by atoms with Crippen LogP contribution in [-0.4, -0.2) is 32.4 Å². The van der Waals surface area contributed by atoms with Crippen LogP contribution in [0.3, 0.4) is 0 Å². The minimum Gasteiger partial charge on any atom is -0.494 e. The molecule has 130 valence electrons. The molecule has 0 N–H and O–H groups in total. The third kappa shape index (κ3) is 3.82. The molecular weight excluding hydrogens is 342 g/mol. The van der Waals surface area contributed by atoms with Crippen molar-refractivity contribution in [3.63, 3.8) is 0 Å². The van der Waals surface area contributed by atoms with Crippen LogP contribution in [0.4, 0.5) is 0 Å². The molecule has 0 amide bonds. The van der Waals surface area contributed by atoms with Crippen LogP contribution in [0.1, 0.15) is 37.0 Å². The fraction of sp³-hybridized carbons (Fsp3) is 0.444. The minimum absolute atomic E-state index is 0.348. The Morgan fingerprint density at radius 1 is 1.17 bits per heavy atom. The third-order valence-electron chi connectivity index (χ3n) is 4.33. The summed E-state index contributed by atoms with van der Waals surface area (Å²) >= 11 is 1.76. The molecule has 1 aromatic heterocycles. The molecule has 1 saturated heterocycles. The fourth-order valence-corrected chi connectivity index (χ4v) is 5.35. The molecule has 2 aromatic rings. The largest absolute Gasteiger partial charge is 0.494 e. The van der Waals surface area contributed by atoms with Crippen LogP contribution in [0.2, 0.25) is 0 Å². The molecule has 24 heavy (non-hydrogen) atoms. The number of ether oxygens (including phenoxy) is 1. The van der Waals surface area contributed by atoms with Gasteiger partial charge in [-0.1, -0.05) is 13.0 Å². The van der Waals surface area contributed by atoms with Crippen molar-refractivity contribution in [3.05, 3.63) is 46.7 Å². The highest BCUT2D eigenvalue weighted by atomic mass is 32.2. The average molecular weight is 366 g/mol. The van der Waals surface area contributed by atoms with Crippen LogP contribution in [-0.2, 0) is 10.0 Å². The van der Waals surface area contributed by atoms with E-state index in [0.29, 0.717) is 36.3 Å². The van der Waals surface area contributed by atoms with Gasteiger partial charge in [-0.2, -0.15) is 4.31 Å². The summed E-state index contributed by atoms with van der Waals surface area (Å²) in [5, 5.41) is 2.08. The van der Waals surface area contributed by atoms with Crippen molar-refractivity contribution in [1.29, 1.82) is 0 Å². The maximum atomic E-state index is 12.8. The van der Waals surface area contributed by atoms with Crippen molar-refractivity contribution in [2.45, 2.75) is 37.0 Å². The minimum atomic E-state index is -3.41. The molecule has 0 saturated carbocycles. The number of benzene rings is 1. The van der Waals surface area contributed by atoms with E-state index >= 15 is 0 Å². The van der Waals surface area contributed by atoms with Crippen molar-refractivity contribution >= 4 is 21.4 Å². The number of hydrogen-bond donors (Lipinski definition) is 0. The van der Waals surface area contributed by atoms with Crippen molar-refractivity contribution in [1.82, 2.24) is 4.31 Å². The number of hydrogen-bond acceptors (Lipinski definition) is 4. The van der Waals surface area contributed by atoms with E-state index in [-0.39, 0.29) is 0 Å². The van der Waals surface area contributed by atoms with Gasteiger partial charge < -0.3 is 4.74 Å². The molecule has 6 heteroatoms. The first-order chi connectivity index (χ1) is 11.6. The molecule has 0 radical (unpaired) electrons. The van der Waals surface area contributed by atoms with E-state index in [4.69, 9.17) is 4.74 Å². The van der Waals surface area contributed by atoms with E-state index in [2.05, 4.69) is 17.5 Å². The molecule has 0 unspecified atom stereocenters. The fourth-order valence-electron chi connectivity index (χ4n) is 2.98. The zero-order valence-electron chi connectivity index (χ0n) is 13.8. The van der Waals surface area contributed by atoms with Gasteiger partial charge in [0.05, 0.1) is 11.5 Å². The van der Waals surface area contributed by atoms with E-state index in [0.717, 1.165) is 19.3 Å². The second kappa shape index (κ2) is 7.68. The molecule has 1 aliphatic heterocycles. The van der Waals surface area contributed by atoms with Crippen LogP contribution >= 0.6 is 11.3 Å². The Bertz CT molecular complexity index is 731. The lowest BCUT2D eigenvalue weighted by atomic mass is 9.97. The first-order valence-electron chi connectivity index (χ1n) is 8.37. The Balaban J connectivity index is 1.65. The second-order valence-corrected chi connectivity index (χ2v) is 8.93. The maximum Gasteiger partial charge on any atom is 0.243 e. The van der Waals surface area contributed by atoms with Crippen molar-refractivity contribution < 1.29 is 13.2 Å². The lowest BCUT2D eigenvalue weighted by Crippen LogP contribution is -2.37. The molecular formula is C18H23NO3S2. The highest BCUT2D eigenvalue weighted by Crippen LogP contribution is 2.33. The summed E-state index contributed by atoms with van der Waals surface area (Å²) in [6.07, 6.45) is 2.70. The van der Waals surface area contributed by atoms with Crippen LogP contribution in [0.25, 0.3) is 0 Å². The van der Waals surface area contributed by atoms with Gasteiger partial charge in [-0.05, 0) is 60.9 Å². The Labute approximate surface area is 148 Å². The summed E-state index contributed by atoms with van der Waals surface area (Å²) < 4.78 is 32.7. The van der Waals surface area contributed by atoms with Gasteiger partial charge in [-0.25, -0.2) is 8.42 Å². The summed E-state index contributed by atoms with van der Waals surface area (Å²) in [7, 11) is -3.41. The van der Waals surface area contributed by atoms with E-state index in [1.54, 1.807) is 39.9 Å². The molecule has 4 nitrogen and oxygen atoms in total. The SMILES string of the molecule is CCCOc1ccc(S(=O)(=O)N2CCC(c3cccs3)CC2)cc1. The topological polar surface area (TPSA) is 46.6 Å². The lowest BCUT2D eigenvalue weighted by molar-refractivity contribution is 0.316. The normalized spacial score (nSPS) is 17.0. The molecule has 0 aliphatic carbocycles. The zero-order chi connectivity index (χ0) is 17.0. The molecule has 0 spiro atoms. The van der Waals surface area contributed by atoms with Gasteiger partial charge in [0.25, 0.3) is 0 Å². The Morgan fingerprint density at radius 2 is 1.88 bits per heavy atom. The Kier molecular flexibility index (Phi) is 5.58. The highest BCUT2D eigenvalue weighted by Gasteiger charge is 2.30. The second-order valence-electron chi connectivity index (χ2n) is 6.01. The van der Waals surface area contributed by atoms with E-state index in [9.17, 15) is 8.42 Å². The third-order valence-corrected chi connectivity index (χ3v) is 7.28. The maximum absolute atomic E-state index is 12.8. The Hall–Kier alpha value is -1.37. The molecule has 0 atom stereocenters. The van der Waals surface area contributed by atoms with Gasteiger partial charge in [0.15, 0.2) is 0 Å². The van der Waals surface area contributed by atoms with Crippen molar-refractivity contribution in [2.24, 2.45) is 0 Å². The summed E-state index contributed by atoms with van der Waals surface area (Å²) in [6.45, 7) is 3.85. The first-order valence-corrected chi connectivity index (χ1v) is 10.7. The van der Waals surface area contributed by atoms with Gasteiger partial charge in [-0.3, -0.25) is 0 Å². The molecule has 1 aliphatic rings. The highest BCUT2D eigenvalue weighted by molar-refractivity contribution is 7.89. The molecule has 1 fully saturated rings.